The molecule has 1 aromatic heterocycles. The zero-order valence-corrected chi connectivity index (χ0v) is 17.0. The number of ether oxygens (including phenoxy) is 1. The Kier molecular flexibility index (Phi) is 7.08. The smallest absolute Gasteiger partial charge is 0.430 e. The summed E-state index contributed by atoms with van der Waals surface area (Å²) in [5.74, 6) is -0.707. The van der Waals surface area contributed by atoms with Crippen LogP contribution in [0, 0.1) is 0 Å². The lowest BCUT2D eigenvalue weighted by Gasteiger charge is -2.08. The molecule has 1 heterocycles. The summed E-state index contributed by atoms with van der Waals surface area (Å²) in [5.41, 5.74) is 4.61. The molecule has 7 nitrogen and oxygen atoms in total. The fourth-order valence-electron chi connectivity index (χ4n) is 2.40. The highest BCUT2D eigenvalue weighted by Gasteiger charge is 2.32. The Morgan fingerprint density at radius 3 is 2.57 bits per heavy atom. The second-order valence-electron chi connectivity index (χ2n) is 6.19. The summed E-state index contributed by atoms with van der Waals surface area (Å²) >= 11 is 0. The predicted octanol–water partition coefficient (Wildman–Crippen LogP) is 2.84. The van der Waals surface area contributed by atoms with Gasteiger partial charge in [-0.3, -0.25) is 9.79 Å². The van der Waals surface area contributed by atoms with Gasteiger partial charge in [0, 0.05) is 11.9 Å². The topological polar surface area (TPSA) is 115 Å². The molecular weight excluding hydrogens is 423 g/mol. The average molecular weight is 443 g/mol. The molecule has 0 atom stereocenters. The van der Waals surface area contributed by atoms with Crippen molar-refractivity contribution in [2.45, 2.75) is 18.0 Å². The summed E-state index contributed by atoms with van der Waals surface area (Å²) < 4.78 is 66.8. The lowest BCUT2D eigenvalue weighted by molar-refractivity contribution is -0.141. The van der Waals surface area contributed by atoms with E-state index in [4.69, 9.17) is 10.5 Å². The number of carbonyl (C=O) groups excluding carboxylic acids is 1. The minimum absolute atomic E-state index is 0.0913. The van der Waals surface area contributed by atoms with Crippen LogP contribution in [-0.2, 0) is 19.4 Å². The number of carbonyl (C=O) groups is 1. The molecule has 11 heteroatoms. The van der Waals surface area contributed by atoms with Crippen molar-refractivity contribution in [2.75, 3.05) is 19.4 Å². The highest BCUT2D eigenvalue weighted by atomic mass is 32.2. The molecule has 0 bridgehead atoms. The Labute approximate surface area is 171 Å². The van der Waals surface area contributed by atoms with Gasteiger partial charge in [-0.05, 0) is 42.8 Å². The molecule has 0 aliphatic rings. The van der Waals surface area contributed by atoms with Crippen LogP contribution < -0.4 is 5.73 Å². The van der Waals surface area contributed by atoms with Crippen LogP contribution in [0.4, 0.5) is 13.2 Å². The number of halogens is 3. The third kappa shape index (κ3) is 6.21. The van der Waals surface area contributed by atoms with Crippen molar-refractivity contribution in [1.82, 2.24) is 4.98 Å². The molecule has 0 saturated carbocycles. The molecule has 0 fully saturated rings. The van der Waals surface area contributed by atoms with Crippen LogP contribution in [0.25, 0.3) is 11.3 Å². The molecule has 0 spiro atoms. The van der Waals surface area contributed by atoms with E-state index in [9.17, 15) is 26.4 Å². The number of nitrogens with two attached hydrogens (primary N) is 1. The van der Waals surface area contributed by atoms with Gasteiger partial charge in [0.25, 0.3) is 0 Å². The molecule has 0 aliphatic carbocycles. The van der Waals surface area contributed by atoms with Crippen LogP contribution in [0.1, 0.15) is 12.6 Å². The van der Waals surface area contributed by atoms with Gasteiger partial charge in [-0.2, -0.15) is 13.2 Å². The third-order valence-electron chi connectivity index (χ3n) is 3.84. The number of allylic oxidation sites excluding steroid dienone is 2. The fraction of sp³-hybridized carbons (Fsp3) is 0.263. The number of nitrogens with zero attached hydrogens (tertiary/aromatic N) is 1. The molecule has 1 aromatic carbocycles. The summed E-state index contributed by atoms with van der Waals surface area (Å²) in [6.45, 7) is 1.20. The van der Waals surface area contributed by atoms with Crippen molar-refractivity contribution in [3.63, 3.8) is 0 Å². The van der Waals surface area contributed by atoms with E-state index in [1.807, 2.05) is 0 Å². The van der Waals surface area contributed by atoms with Gasteiger partial charge in [0.2, 0.25) is 0 Å². The molecule has 162 valence electrons. The number of rotatable bonds is 7. The van der Waals surface area contributed by atoms with Crippen molar-refractivity contribution in [3.05, 3.63) is 53.9 Å². The van der Waals surface area contributed by atoms with Gasteiger partial charge in [0.1, 0.15) is 12.2 Å². The Balaban J connectivity index is 2.45. The summed E-state index contributed by atoms with van der Waals surface area (Å²) in [6, 6.07) is 9.05. The minimum atomic E-state index is -4.77. The Morgan fingerprint density at radius 1 is 1.27 bits per heavy atom. The summed E-state index contributed by atoms with van der Waals surface area (Å²) in [7, 11) is -3.44. The molecule has 0 saturated heterocycles. The molecule has 0 unspecified atom stereocenters. The second kappa shape index (κ2) is 9.16. The Hall–Kier alpha value is -3.08. The van der Waals surface area contributed by atoms with E-state index in [-0.39, 0.29) is 22.9 Å². The van der Waals surface area contributed by atoms with Crippen molar-refractivity contribution < 1.29 is 31.1 Å². The highest BCUT2D eigenvalue weighted by molar-refractivity contribution is 7.90. The molecule has 2 aromatic rings. The molecule has 2 rings (SSSR count). The SMILES string of the molecule is CCOC(=O)CN=C(/C=C(\N)C(F)(F)F)c1ccc(-c2cccc(S(C)(=O)=O)c2)[nH]1. The van der Waals surface area contributed by atoms with Gasteiger partial charge in [-0.25, -0.2) is 8.42 Å². The van der Waals surface area contributed by atoms with Gasteiger partial charge in [0.15, 0.2) is 9.84 Å². The van der Waals surface area contributed by atoms with Gasteiger partial charge < -0.3 is 15.5 Å². The number of aliphatic imine (C=N–C) groups is 1. The summed E-state index contributed by atoms with van der Waals surface area (Å²) in [5, 5.41) is 0. The van der Waals surface area contributed by atoms with Crippen molar-refractivity contribution in [1.29, 1.82) is 0 Å². The Bertz CT molecular complexity index is 1090. The zero-order valence-electron chi connectivity index (χ0n) is 16.2. The molecule has 0 aliphatic heterocycles. The maximum absolute atomic E-state index is 12.9. The van der Waals surface area contributed by atoms with Gasteiger partial charge in [-0.15, -0.1) is 0 Å². The first kappa shape index (κ1) is 23.2. The maximum atomic E-state index is 12.9. The number of sulfone groups is 1. The number of alkyl halides is 3. The van der Waals surface area contributed by atoms with Gasteiger partial charge >= 0.3 is 12.1 Å². The lowest BCUT2D eigenvalue weighted by Crippen LogP contribution is -2.21. The van der Waals surface area contributed by atoms with E-state index < -0.39 is 34.2 Å². The standard InChI is InChI=1S/C19H20F3N3O4S/c1-3-29-18(26)11-24-16(10-17(23)19(20,21)22)15-8-7-14(25-15)12-5-4-6-13(9-12)30(2,27)28/h4-10,25H,3,11,23H2,1-2H3/b17-10-,24-16?. The molecular formula is C19H20F3N3O4S. The number of aromatic amines is 1. The highest BCUT2D eigenvalue weighted by Crippen LogP contribution is 2.24. The van der Waals surface area contributed by atoms with Gasteiger partial charge in [-0.1, -0.05) is 12.1 Å². The van der Waals surface area contributed by atoms with Crippen LogP contribution in [0.3, 0.4) is 0 Å². The summed E-state index contributed by atoms with van der Waals surface area (Å²) in [6.07, 6.45) is -3.09. The van der Waals surface area contributed by atoms with E-state index in [0.29, 0.717) is 17.3 Å². The predicted molar refractivity (Wildman–Crippen MR) is 106 cm³/mol. The number of esters is 1. The van der Waals surface area contributed by atoms with Crippen LogP contribution in [0.2, 0.25) is 0 Å². The lowest BCUT2D eigenvalue weighted by atomic mass is 10.2. The zero-order chi connectivity index (χ0) is 22.5. The third-order valence-corrected chi connectivity index (χ3v) is 4.95. The average Bonchev–Trinajstić information content (AvgIpc) is 3.14. The first-order chi connectivity index (χ1) is 13.9. The summed E-state index contributed by atoms with van der Waals surface area (Å²) in [4.78, 5) is 18.4. The van der Waals surface area contributed by atoms with Gasteiger partial charge in [0.05, 0.1) is 22.9 Å². The second-order valence-corrected chi connectivity index (χ2v) is 8.21. The van der Waals surface area contributed by atoms with Crippen molar-refractivity contribution in [3.8, 4) is 11.3 Å². The normalized spacial score (nSPS) is 13.4. The molecule has 0 amide bonds. The van der Waals surface area contributed by atoms with E-state index in [2.05, 4.69) is 9.98 Å². The first-order valence-corrected chi connectivity index (χ1v) is 10.5. The van der Waals surface area contributed by atoms with Crippen LogP contribution in [0.15, 0.2) is 58.1 Å². The van der Waals surface area contributed by atoms with Crippen molar-refractivity contribution >= 4 is 21.5 Å². The Morgan fingerprint density at radius 2 is 1.97 bits per heavy atom. The van der Waals surface area contributed by atoms with Crippen LogP contribution in [-0.4, -0.2) is 50.7 Å². The number of hydrogen-bond acceptors (Lipinski definition) is 6. The first-order valence-electron chi connectivity index (χ1n) is 8.66. The number of H-pyrrole nitrogens is 1. The quantitative estimate of drug-likeness (QED) is 0.505. The molecule has 3 N–H and O–H groups in total. The van der Waals surface area contributed by atoms with Crippen LogP contribution in [0.5, 0.6) is 0 Å². The van der Waals surface area contributed by atoms with E-state index in [0.717, 1.165) is 6.26 Å². The minimum Gasteiger partial charge on any atom is -0.465 e. The number of nitrogens with one attached hydrogen (secondary N) is 1. The van der Waals surface area contributed by atoms with E-state index >= 15 is 0 Å². The monoisotopic (exact) mass is 443 g/mol. The van der Waals surface area contributed by atoms with Crippen LogP contribution >= 0.6 is 0 Å². The van der Waals surface area contributed by atoms with Crippen molar-refractivity contribution in [2.24, 2.45) is 10.7 Å². The molecule has 30 heavy (non-hydrogen) atoms. The number of hydrogen-bond donors (Lipinski definition) is 2. The van der Waals surface area contributed by atoms with E-state index in [1.165, 1.54) is 18.2 Å². The number of aromatic nitrogens is 1. The largest absolute Gasteiger partial charge is 0.465 e. The maximum Gasteiger partial charge on any atom is 0.430 e. The fourth-order valence-corrected chi connectivity index (χ4v) is 3.07. The van der Waals surface area contributed by atoms with E-state index in [1.54, 1.807) is 25.1 Å². The molecule has 0 radical (unpaired) electrons. The number of benzene rings is 1.